The van der Waals surface area contributed by atoms with Crippen LogP contribution in [0.4, 0.5) is 5.69 Å². The first-order valence-corrected chi connectivity index (χ1v) is 9.40. The zero-order valence-corrected chi connectivity index (χ0v) is 17.3. The van der Waals surface area contributed by atoms with Gasteiger partial charge in [0.25, 0.3) is 5.91 Å². The predicted octanol–water partition coefficient (Wildman–Crippen LogP) is 4.36. The zero-order valence-electron chi connectivity index (χ0n) is 16.5. The highest BCUT2D eigenvalue weighted by Crippen LogP contribution is 2.28. The minimum absolute atomic E-state index is 0.0525. The van der Waals surface area contributed by atoms with E-state index in [1.807, 2.05) is 13.8 Å². The number of benzene rings is 2. The van der Waals surface area contributed by atoms with Crippen LogP contribution in [0.25, 0.3) is 11.4 Å². The molecule has 1 aromatic heterocycles. The summed E-state index contributed by atoms with van der Waals surface area (Å²) in [5.41, 5.74) is 0.603. The lowest BCUT2D eigenvalue weighted by atomic mass is 10.1. The van der Waals surface area contributed by atoms with Crippen molar-refractivity contribution in [3.05, 3.63) is 69.1 Å². The van der Waals surface area contributed by atoms with E-state index in [1.54, 1.807) is 24.3 Å². The monoisotopic (exact) mass is 430 g/mol. The largest absolute Gasteiger partial charge is 0.490 e. The van der Waals surface area contributed by atoms with Crippen molar-refractivity contribution in [1.29, 1.82) is 0 Å². The summed E-state index contributed by atoms with van der Waals surface area (Å²) in [5.74, 6) is 0.294. The highest BCUT2D eigenvalue weighted by atomic mass is 35.5. The minimum atomic E-state index is -0.592. The molecule has 30 heavy (non-hydrogen) atoms. The maximum atomic E-state index is 13.0. The van der Waals surface area contributed by atoms with Crippen LogP contribution in [0.3, 0.4) is 0 Å². The Kier molecular flexibility index (Phi) is 6.31. The Morgan fingerprint density at radius 3 is 2.57 bits per heavy atom. The molecule has 0 spiro atoms. The van der Waals surface area contributed by atoms with E-state index in [2.05, 4.69) is 10.1 Å². The second-order valence-electron chi connectivity index (χ2n) is 6.69. The Morgan fingerprint density at radius 2 is 1.97 bits per heavy atom. The van der Waals surface area contributed by atoms with E-state index in [4.69, 9.17) is 20.9 Å². The van der Waals surface area contributed by atoms with Gasteiger partial charge >= 0.3 is 5.69 Å². The normalized spacial score (nSPS) is 10.8. The molecule has 156 valence electrons. The van der Waals surface area contributed by atoms with E-state index in [1.165, 1.54) is 30.2 Å². The SMILES string of the molecule is COc1ccc(C(=O)N(Cc2nc(-c3ccc(Cl)cc3)no2)C(C)C)cc1[N+](=O)[O-]. The maximum absolute atomic E-state index is 13.0. The Bertz CT molecular complexity index is 1070. The fraction of sp³-hybridized carbons (Fsp3) is 0.250. The number of nitrogens with zero attached hydrogens (tertiary/aromatic N) is 4. The summed E-state index contributed by atoms with van der Waals surface area (Å²) in [6, 6.07) is 10.8. The van der Waals surface area contributed by atoms with Gasteiger partial charge in [-0.15, -0.1) is 0 Å². The molecular formula is C20H19ClN4O5. The molecule has 0 saturated carbocycles. The molecule has 1 amide bonds. The average Bonchev–Trinajstić information content (AvgIpc) is 3.20. The molecule has 9 nitrogen and oxygen atoms in total. The number of hydrogen-bond donors (Lipinski definition) is 0. The van der Waals surface area contributed by atoms with Crippen LogP contribution in [-0.2, 0) is 6.54 Å². The van der Waals surface area contributed by atoms with Crippen LogP contribution >= 0.6 is 11.6 Å². The molecule has 0 unspecified atom stereocenters. The fourth-order valence-electron chi connectivity index (χ4n) is 2.80. The Morgan fingerprint density at radius 1 is 1.27 bits per heavy atom. The molecule has 0 atom stereocenters. The van der Waals surface area contributed by atoms with Crippen LogP contribution < -0.4 is 4.74 Å². The molecule has 0 bridgehead atoms. The molecular weight excluding hydrogens is 412 g/mol. The van der Waals surface area contributed by atoms with Gasteiger partial charge in [-0.2, -0.15) is 4.98 Å². The lowest BCUT2D eigenvalue weighted by molar-refractivity contribution is -0.385. The van der Waals surface area contributed by atoms with E-state index in [9.17, 15) is 14.9 Å². The van der Waals surface area contributed by atoms with Crippen LogP contribution in [0, 0.1) is 10.1 Å². The summed E-state index contributed by atoms with van der Waals surface area (Å²) in [5, 5.41) is 15.8. The van der Waals surface area contributed by atoms with Crippen LogP contribution in [0.2, 0.25) is 5.02 Å². The first-order valence-electron chi connectivity index (χ1n) is 9.02. The molecule has 3 aromatic rings. The lowest BCUT2D eigenvalue weighted by Crippen LogP contribution is -2.36. The molecule has 0 radical (unpaired) electrons. The molecule has 2 aromatic carbocycles. The Hall–Kier alpha value is -3.46. The summed E-state index contributed by atoms with van der Waals surface area (Å²) in [7, 11) is 1.33. The number of amides is 1. The third kappa shape index (κ3) is 4.57. The summed E-state index contributed by atoms with van der Waals surface area (Å²) < 4.78 is 10.3. The molecule has 0 aliphatic rings. The van der Waals surface area contributed by atoms with Crippen LogP contribution in [0.1, 0.15) is 30.1 Å². The summed E-state index contributed by atoms with van der Waals surface area (Å²) in [4.78, 5) is 29.5. The van der Waals surface area contributed by atoms with Crippen molar-refractivity contribution < 1.29 is 19.0 Å². The van der Waals surface area contributed by atoms with Gasteiger partial charge in [0.05, 0.1) is 12.0 Å². The number of methoxy groups -OCH3 is 1. The average molecular weight is 431 g/mol. The number of nitro groups is 1. The standard InChI is InChI=1S/C20H19ClN4O5/c1-12(2)24(20(26)14-6-9-17(29-3)16(10-14)25(27)28)11-18-22-19(23-30-18)13-4-7-15(21)8-5-13/h4-10,12H,11H2,1-3H3. The topological polar surface area (TPSA) is 112 Å². The van der Waals surface area contributed by atoms with Gasteiger partial charge in [0.2, 0.25) is 11.7 Å². The van der Waals surface area contributed by atoms with Gasteiger partial charge in [0.1, 0.15) is 6.54 Å². The van der Waals surface area contributed by atoms with Crippen molar-refractivity contribution in [3.63, 3.8) is 0 Å². The Labute approximate surface area is 177 Å². The number of hydrogen-bond acceptors (Lipinski definition) is 7. The molecule has 0 N–H and O–H groups in total. The minimum Gasteiger partial charge on any atom is -0.490 e. The van der Waals surface area contributed by atoms with Crippen molar-refractivity contribution in [3.8, 4) is 17.1 Å². The first-order chi connectivity index (χ1) is 14.3. The van der Waals surface area contributed by atoms with Crippen molar-refractivity contribution in [2.75, 3.05) is 7.11 Å². The molecule has 1 heterocycles. The smallest absolute Gasteiger partial charge is 0.311 e. The number of ether oxygens (including phenoxy) is 1. The molecule has 0 fully saturated rings. The summed E-state index contributed by atoms with van der Waals surface area (Å²) in [6.45, 7) is 3.70. The quantitative estimate of drug-likeness (QED) is 0.404. The Balaban J connectivity index is 1.85. The molecule has 10 heteroatoms. The van der Waals surface area contributed by atoms with E-state index >= 15 is 0 Å². The molecule has 0 aliphatic carbocycles. The van der Waals surface area contributed by atoms with Gasteiger partial charge in [0, 0.05) is 28.3 Å². The third-order valence-corrected chi connectivity index (χ3v) is 4.63. The molecule has 0 aliphatic heterocycles. The fourth-order valence-corrected chi connectivity index (χ4v) is 2.93. The number of aromatic nitrogens is 2. The number of rotatable bonds is 7. The van der Waals surface area contributed by atoms with Gasteiger partial charge in [-0.3, -0.25) is 14.9 Å². The van der Waals surface area contributed by atoms with E-state index in [0.29, 0.717) is 10.8 Å². The number of halogens is 1. The van der Waals surface area contributed by atoms with Crippen LogP contribution in [-0.4, -0.2) is 39.0 Å². The second kappa shape index (κ2) is 8.91. The number of carbonyl (C=O) groups is 1. The van der Waals surface area contributed by atoms with E-state index < -0.39 is 10.8 Å². The van der Waals surface area contributed by atoms with Gasteiger partial charge in [-0.05, 0) is 50.2 Å². The highest BCUT2D eigenvalue weighted by Gasteiger charge is 2.25. The number of carbonyl (C=O) groups excluding carboxylic acids is 1. The van der Waals surface area contributed by atoms with E-state index in [0.717, 1.165) is 5.56 Å². The van der Waals surface area contributed by atoms with Gasteiger partial charge in [0.15, 0.2) is 5.75 Å². The van der Waals surface area contributed by atoms with Crippen molar-refractivity contribution in [2.24, 2.45) is 0 Å². The molecule has 3 rings (SSSR count). The maximum Gasteiger partial charge on any atom is 0.311 e. The summed E-state index contributed by atoms with van der Waals surface area (Å²) in [6.07, 6.45) is 0. The van der Waals surface area contributed by atoms with E-state index in [-0.39, 0.29) is 35.5 Å². The van der Waals surface area contributed by atoms with Gasteiger partial charge in [-0.1, -0.05) is 16.8 Å². The van der Waals surface area contributed by atoms with Crippen molar-refractivity contribution in [2.45, 2.75) is 26.4 Å². The third-order valence-electron chi connectivity index (χ3n) is 4.38. The highest BCUT2D eigenvalue weighted by molar-refractivity contribution is 6.30. The number of nitro benzene ring substituents is 1. The molecule has 0 saturated heterocycles. The summed E-state index contributed by atoms with van der Waals surface area (Å²) >= 11 is 5.89. The lowest BCUT2D eigenvalue weighted by Gasteiger charge is -2.25. The van der Waals surface area contributed by atoms with Gasteiger partial charge < -0.3 is 14.2 Å². The van der Waals surface area contributed by atoms with Crippen LogP contribution in [0.5, 0.6) is 5.75 Å². The predicted molar refractivity (Wildman–Crippen MR) is 109 cm³/mol. The second-order valence-corrected chi connectivity index (χ2v) is 7.13. The first kappa shape index (κ1) is 21.3. The zero-order chi connectivity index (χ0) is 21.8. The van der Waals surface area contributed by atoms with Crippen molar-refractivity contribution in [1.82, 2.24) is 15.0 Å². The van der Waals surface area contributed by atoms with Gasteiger partial charge in [-0.25, -0.2) is 0 Å². The van der Waals surface area contributed by atoms with Crippen molar-refractivity contribution >= 4 is 23.2 Å². The van der Waals surface area contributed by atoms with Crippen LogP contribution in [0.15, 0.2) is 47.0 Å².